The average molecular weight is 283 g/mol. The Labute approximate surface area is 120 Å². The summed E-state index contributed by atoms with van der Waals surface area (Å²) in [6, 6.07) is 8.69. The number of carboxylic acid groups (broad SMARTS) is 1. The largest absolute Gasteiger partial charge is 0.476 e. The molecular formula is C15H13N3O3. The number of benzene rings is 1. The van der Waals surface area contributed by atoms with Gasteiger partial charge in [0, 0.05) is 17.2 Å². The van der Waals surface area contributed by atoms with E-state index in [4.69, 9.17) is 5.26 Å². The predicted octanol–water partition coefficient (Wildman–Crippen LogP) is 1.79. The first-order valence-corrected chi connectivity index (χ1v) is 6.66. The number of hydrogen-bond acceptors (Lipinski definition) is 4. The molecule has 0 unspecified atom stereocenters. The third kappa shape index (κ3) is 2.27. The van der Waals surface area contributed by atoms with Crippen LogP contribution in [0.1, 0.15) is 29.8 Å². The lowest BCUT2D eigenvalue weighted by Crippen LogP contribution is -2.29. The van der Waals surface area contributed by atoms with E-state index in [1.165, 1.54) is 4.68 Å². The van der Waals surface area contributed by atoms with Gasteiger partial charge in [0.15, 0.2) is 5.69 Å². The van der Waals surface area contributed by atoms with E-state index in [0.29, 0.717) is 23.7 Å². The molecule has 1 aliphatic rings. The van der Waals surface area contributed by atoms with E-state index in [1.807, 2.05) is 0 Å². The van der Waals surface area contributed by atoms with Crippen molar-refractivity contribution in [2.75, 3.05) is 0 Å². The Morgan fingerprint density at radius 1 is 1.38 bits per heavy atom. The maximum absolute atomic E-state index is 12.4. The molecule has 0 amide bonds. The van der Waals surface area contributed by atoms with Crippen LogP contribution in [0.5, 0.6) is 0 Å². The molecule has 0 radical (unpaired) electrons. The van der Waals surface area contributed by atoms with Gasteiger partial charge < -0.3 is 5.11 Å². The number of rotatable bonds is 4. The summed E-state index contributed by atoms with van der Waals surface area (Å²) in [7, 11) is 0. The minimum atomic E-state index is -1.16. The standard InChI is InChI=1S/C15H13N3O3/c16-8-7-15(5-6-15)9-18-13(19)11-4-2-1-3-10(11)12(17-18)14(20)21/h1-4H,5-7,9H2,(H,20,21). The molecule has 3 rings (SSSR count). The van der Waals surface area contributed by atoms with Gasteiger partial charge in [0.05, 0.1) is 18.0 Å². The SMILES string of the molecule is N#CCC1(Cn2nc(C(=O)O)c3ccccc3c2=O)CC1. The second-order valence-electron chi connectivity index (χ2n) is 5.50. The molecule has 1 N–H and O–H groups in total. The number of nitriles is 1. The Morgan fingerprint density at radius 2 is 2.05 bits per heavy atom. The van der Waals surface area contributed by atoms with Crippen molar-refractivity contribution in [3.63, 3.8) is 0 Å². The van der Waals surface area contributed by atoms with Gasteiger partial charge in [-0.25, -0.2) is 9.48 Å². The minimum Gasteiger partial charge on any atom is -0.476 e. The van der Waals surface area contributed by atoms with Crippen molar-refractivity contribution in [2.45, 2.75) is 25.8 Å². The molecule has 1 aromatic carbocycles. The number of carbonyl (C=O) groups is 1. The van der Waals surface area contributed by atoms with Crippen molar-refractivity contribution in [2.24, 2.45) is 5.41 Å². The fraction of sp³-hybridized carbons (Fsp3) is 0.333. The van der Waals surface area contributed by atoms with E-state index < -0.39 is 5.97 Å². The summed E-state index contributed by atoms with van der Waals surface area (Å²) in [6.07, 6.45) is 2.09. The van der Waals surface area contributed by atoms with E-state index in [-0.39, 0.29) is 16.7 Å². The number of nitrogens with zero attached hydrogens (tertiary/aromatic N) is 3. The first-order chi connectivity index (χ1) is 10.1. The summed E-state index contributed by atoms with van der Waals surface area (Å²) in [6.45, 7) is 0.296. The van der Waals surface area contributed by atoms with Gasteiger partial charge in [-0.05, 0) is 18.9 Å². The van der Waals surface area contributed by atoms with Crippen LogP contribution in [0.3, 0.4) is 0 Å². The zero-order valence-corrected chi connectivity index (χ0v) is 11.2. The highest BCUT2D eigenvalue weighted by Crippen LogP contribution is 2.49. The predicted molar refractivity (Wildman–Crippen MR) is 74.9 cm³/mol. The van der Waals surface area contributed by atoms with Crippen molar-refractivity contribution < 1.29 is 9.90 Å². The maximum atomic E-state index is 12.4. The lowest BCUT2D eigenvalue weighted by Gasteiger charge is -2.14. The van der Waals surface area contributed by atoms with Gasteiger partial charge in [0.2, 0.25) is 0 Å². The van der Waals surface area contributed by atoms with Crippen LogP contribution in [-0.2, 0) is 6.54 Å². The number of carboxylic acids is 1. The molecule has 2 aromatic rings. The van der Waals surface area contributed by atoms with E-state index >= 15 is 0 Å². The molecule has 1 aromatic heterocycles. The Kier molecular flexibility index (Phi) is 2.98. The summed E-state index contributed by atoms with van der Waals surface area (Å²) in [5, 5.41) is 22.8. The van der Waals surface area contributed by atoms with Gasteiger partial charge >= 0.3 is 5.97 Å². The molecule has 1 fully saturated rings. The van der Waals surface area contributed by atoms with Crippen LogP contribution in [0.2, 0.25) is 0 Å². The lowest BCUT2D eigenvalue weighted by molar-refractivity contribution is 0.0689. The lowest BCUT2D eigenvalue weighted by atomic mass is 10.0. The second kappa shape index (κ2) is 4.70. The number of aromatic carboxylic acids is 1. The van der Waals surface area contributed by atoms with Crippen molar-refractivity contribution in [1.29, 1.82) is 5.26 Å². The van der Waals surface area contributed by atoms with Gasteiger partial charge in [-0.2, -0.15) is 10.4 Å². The molecule has 6 nitrogen and oxygen atoms in total. The topological polar surface area (TPSA) is 96.0 Å². The molecule has 1 aliphatic carbocycles. The zero-order valence-electron chi connectivity index (χ0n) is 11.2. The fourth-order valence-corrected chi connectivity index (χ4v) is 2.55. The molecule has 1 heterocycles. The van der Waals surface area contributed by atoms with Gasteiger partial charge in [0.25, 0.3) is 5.56 Å². The van der Waals surface area contributed by atoms with Gasteiger partial charge in [-0.3, -0.25) is 4.79 Å². The molecule has 21 heavy (non-hydrogen) atoms. The smallest absolute Gasteiger partial charge is 0.357 e. The van der Waals surface area contributed by atoms with E-state index in [2.05, 4.69) is 11.2 Å². The summed E-state index contributed by atoms with van der Waals surface area (Å²) in [4.78, 5) is 23.8. The molecule has 106 valence electrons. The maximum Gasteiger partial charge on any atom is 0.357 e. The quantitative estimate of drug-likeness (QED) is 0.922. The highest BCUT2D eigenvalue weighted by molar-refractivity contribution is 6.01. The zero-order chi connectivity index (χ0) is 15.0. The fourth-order valence-electron chi connectivity index (χ4n) is 2.55. The highest BCUT2D eigenvalue weighted by atomic mass is 16.4. The van der Waals surface area contributed by atoms with Gasteiger partial charge in [-0.15, -0.1) is 0 Å². The number of hydrogen-bond donors (Lipinski definition) is 1. The van der Waals surface area contributed by atoms with Crippen LogP contribution in [0.25, 0.3) is 10.8 Å². The molecule has 0 spiro atoms. The third-order valence-electron chi connectivity index (χ3n) is 3.97. The number of aromatic nitrogens is 2. The summed E-state index contributed by atoms with van der Waals surface area (Å²) < 4.78 is 1.20. The second-order valence-corrected chi connectivity index (χ2v) is 5.50. The van der Waals surface area contributed by atoms with Crippen molar-refractivity contribution in [3.8, 4) is 6.07 Å². The van der Waals surface area contributed by atoms with Gasteiger partial charge in [-0.1, -0.05) is 18.2 Å². The van der Waals surface area contributed by atoms with E-state index in [9.17, 15) is 14.7 Å². The molecule has 1 saturated carbocycles. The summed E-state index contributed by atoms with van der Waals surface area (Å²) in [5.74, 6) is -1.16. The van der Waals surface area contributed by atoms with Crippen LogP contribution in [0.15, 0.2) is 29.1 Å². The molecule has 0 atom stereocenters. The van der Waals surface area contributed by atoms with Crippen LogP contribution in [0.4, 0.5) is 0 Å². The van der Waals surface area contributed by atoms with Crippen molar-refractivity contribution in [1.82, 2.24) is 9.78 Å². The van der Waals surface area contributed by atoms with Crippen molar-refractivity contribution in [3.05, 3.63) is 40.3 Å². The average Bonchev–Trinajstić information content (AvgIpc) is 3.22. The Bertz CT molecular complexity index is 828. The third-order valence-corrected chi connectivity index (χ3v) is 3.97. The first kappa shape index (κ1) is 13.3. The van der Waals surface area contributed by atoms with Gasteiger partial charge in [0.1, 0.15) is 0 Å². The summed E-state index contributed by atoms with van der Waals surface area (Å²) in [5.41, 5.74) is -0.651. The van der Waals surface area contributed by atoms with Crippen LogP contribution in [-0.4, -0.2) is 20.9 Å². The monoisotopic (exact) mass is 283 g/mol. The molecule has 6 heteroatoms. The Balaban J connectivity index is 2.16. The number of fused-ring (bicyclic) bond motifs is 1. The van der Waals surface area contributed by atoms with E-state index in [1.54, 1.807) is 24.3 Å². The van der Waals surface area contributed by atoms with Crippen LogP contribution in [0, 0.1) is 16.7 Å². The van der Waals surface area contributed by atoms with Crippen molar-refractivity contribution >= 4 is 16.7 Å². The Morgan fingerprint density at radius 3 is 2.62 bits per heavy atom. The van der Waals surface area contributed by atoms with Crippen LogP contribution < -0.4 is 5.56 Å². The van der Waals surface area contributed by atoms with Crippen LogP contribution >= 0.6 is 0 Å². The highest BCUT2D eigenvalue weighted by Gasteiger charge is 2.43. The minimum absolute atomic E-state index is 0.127. The Hall–Kier alpha value is -2.68. The molecule has 0 aliphatic heterocycles. The summed E-state index contributed by atoms with van der Waals surface area (Å²) >= 11 is 0. The molecule has 0 bridgehead atoms. The molecule has 0 saturated heterocycles. The van der Waals surface area contributed by atoms with E-state index in [0.717, 1.165) is 12.8 Å². The first-order valence-electron chi connectivity index (χ1n) is 6.66. The normalized spacial score (nSPS) is 15.6. The molecular weight excluding hydrogens is 270 g/mol.